The van der Waals surface area contributed by atoms with E-state index in [-0.39, 0.29) is 31.1 Å². The van der Waals surface area contributed by atoms with Gasteiger partial charge < -0.3 is 14.2 Å². The van der Waals surface area contributed by atoms with E-state index in [9.17, 15) is 14.4 Å². The molecule has 0 N–H and O–H groups in total. The molecule has 0 spiro atoms. The quantitative estimate of drug-likeness (QED) is 0.0350. The lowest BCUT2D eigenvalue weighted by Crippen LogP contribution is -2.30. The second kappa shape index (κ2) is 41.1. The zero-order valence-electron chi connectivity index (χ0n) is 36.8. The Balaban J connectivity index is 4.33. The Morgan fingerprint density at radius 1 is 0.389 bits per heavy atom. The van der Waals surface area contributed by atoms with Crippen molar-refractivity contribution in [3.63, 3.8) is 0 Å². The van der Waals surface area contributed by atoms with Gasteiger partial charge in [0.15, 0.2) is 6.10 Å². The van der Waals surface area contributed by atoms with E-state index in [1.807, 2.05) is 0 Å². The van der Waals surface area contributed by atoms with Crippen LogP contribution in [0.3, 0.4) is 0 Å². The number of carbonyl (C=O) groups is 3. The molecule has 0 aliphatic heterocycles. The van der Waals surface area contributed by atoms with Gasteiger partial charge >= 0.3 is 17.9 Å². The van der Waals surface area contributed by atoms with Crippen molar-refractivity contribution in [3.05, 3.63) is 0 Å². The fourth-order valence-corrected chi connectivity index (χ4v) is 7.07. The maximum Gasteiger partial charge on any atom is 0.306 e. The molecule has 6 heteroatoms. The molecule has 0 aromatic rings. The van der Waals surface area contributed by atoms with Gasteiger partial charge in [-0.15, -0.1) is 0 Å². The van der Waals surface area contributed by atoms with E-state index in [1.165, 1.54) is 148 Å². The normalized spacial score (nSPS) is 12.6. The Bertz CT molecular complexity index is 826. The van der Waals surface area contributed by atoms with Crippen molar-refractivity contribution in [1.29, 1.82) is 0 Å². The molecular weight excluding hydrogens is 673 g/mol. The van der Waals surface area contributed by atoms with E-state index >= 15 is 0 Å². The first-order chi connectivity index (χ1) is 26.3. The molecule has 6 nitrogen and oxygen atoms in total. The van der Waals surface area contributed by atoms with Gasteiger partial charge in [0, 0.05) is 19.3 Å². The summed E-state index contributed by atoms with van der Waals surface area (Å²) in [5.74, 6) is 0.752. The van der Waals surface area contributed by atoms with Crippen LogP contribution in [0.1, 0.15) is 259 Å². The molecule has 0 fully saturated rings. The molecule has 0 heterocycles. The van der Waals surface area contributed by atoms with Crippen LogP contribution in [0.2, 0.25) is 0 Å². The maximum atomic E-state index is 12.7. The molecule has 0 rings (SSSR count). The van der Waals surface area contributed by atoms with Gasteiger partial charge in [0.2, 0.25) is 0 Å². The van der Waals surface area contributed by atoms with E-state index in [2.05, 4.69) is 34.6 Å². The van der Waals surface area contributed by atoms with Crippen LogP contribution in [0.5, 0.6) is 0 Å². The van der Waals surface area contributed by atoms with Gasteiger partial charge in [0.25, 0.3) is 0 Å². The molecule has 0 radical (unpaired) electrons. The molecule has 320 valence electrons. The highest BCUT2D eigenvalue weighted by molar-refractivity contribution is 5.71. The molecule has 0 aromatic carbocycles. The fourth-order valence-electron chi connectivity index (χ4n) is 7.07. The minimum Gasteiger partial charge on any atom is -0.462 e. The zero-order chi connectivity index (χ0) is 39.7. The third kappa shape index (κ3) is 40.1. The average Bonchev–Trinajstić information content (AvgIpc) is 3.15. The summed E-state index contributed by atoms with van der Waals surface area (Å²) in [6, 6.07) is 0. The first-order valence-electron chi connectivity index (χ1n) is 23.8. The van der Waals surface area contributed by atoms with Gasteiger partial charge in [-0.3, -0.25) is 14.4 Å². The smallest absolute Gasteiger partial charge is 0.306 e. The molecule has 0 saturated heterocycles. The van der Waals surface area contributed by atoms with E-state index < -0.39 is 6.10 Å². The molecule has 2 atom stereocenters. The summed E-state index contributed by atoms with van der Waals surface area (Å²) in [6.07, 6.45) is 39.5. The predicted octanol–water partition coefficient (Wildman–Crippen LogP) is 15.0. The number of hydrogen-bond donors (Lipinski definition) is 0. The highest BCUT2D eigenvalue weighted by Crippen LogP contribution is 2.17. The topological polar surface area (TPSA) is 78.9 Å². The largest absolute Gasteiger partial charge is 0.462 e. The summed E-state index contributed by atoms with van der Waals surface area (Å²) < 4.78 is 16.7. The first-order valence-corrected chi connectivity index (χ1v) is 23.8. The van der Waals surface area contributed by atoms with Crippen molar-refractivity contribution in [2.75, 3.05) is 13.2 Å². The Hall–Kier alpha value is -1.59. The molecule has 0 saturated carbocycles. The summed E-state index contributed by atoms with van der Waals surface area (Å²) in [5, 5.41) is 0. The van der Waals surface area contributed by atoms with Crippen LogP contribution in [0.15, 0.2) is 0 Å². The SMILES string of the molecule is CCCCCCCCCCCCCCCCCC(=O)O[C@@H](COC(=O)CCCCCCCCCCC(C)C)COC(=O)CCCCCCCCC(C)CC. The molecule has 0 aromatic heterocycles. The number of hydrogen-bond acceptors (Lipinski definition) is 6. The second-order valence-electron chi connectivity index (χ2n) is 17.1. The second-order valence-corrected chi connectivity index (χ2v) is 17.1. The summed E-state index contributed by atoms with van der Waals surface area (Å²) in [5.41, 5.74) is 0. The van der Waals surface area contributed by atoms with Crippen LogP contribution in [-0.4, -0.2) is 37.2 Å². The van der Waals surface area contributed by atoms with Crippen molar-refractivity contribution >= 4 is 17.9 Å². The zero-order valence-corrected chi connectivity index (χ0v) is 36.8. The lowest BCUT2D eigenvalue weighted by Gasteiger charge is -2.18. The van der Waals surface area contributed by atoms with Gasteiger partial charge in [0.1, 0.15) is 13.2 Å². The van der Waals surface area contributed by atoms with Gasteiger partial charge in [0.05, 0.1) is 0 Å². The fraction of sp³-hybridized carbons (Fsp3) is 0.938. The number of unbranched alkanes of at least 4 members (excludes halogenated alkanes) is 26. The minimum atomic E-state index is -0.761. The molecule has 0 amide bonds. The minimum absolute atomic E-state index is 0.0657. The average molecular weight is 765 g/mol. The van der Waals surface area contributed by atoms with Crippen molar-refractivity contribution in [3.8, 4) is 0 Å². The standard InChI is InChI=1S/C48H92O6/c1-6-8-9-10-11-12-13-14-15-16-17-18-23-30-35-40-48(51)54-45(42-53-47(50)39-34-29-25-24-27-32-37-44(5)7-2)41-52-46(49)38-33-28-22-20-19-21-26-31-36-43(3)4/h43-45H,6-42H2,1-5H3/t44?,45-/m0/s1. The van der Waals surface area contributed by atoms with Gasteiger partial charge in [-0.1, -0.05) is 221 Å². The Labute approximate surface area is 336 Å². The molecule has 1 unspecified atom stereocenters. The lowest BCUT2D eigenvalue weighted by molar-refractivity contribution is -0.167. The molecule has 0 aliphatic rings. The third-order valence-corrected chi connectivity index (χ3v) is 11.1. The van der Waals surface area contributed by atoms with Crippen molar-refractivity contribution in [2.24, 2.45) is 11.8 Å². The molecule has 0 aliphatic carbocycles. The maximum absolute atomic E-state index is 12.7. The number of esters is 3. The Morgan fingerprint density at radius 2 is 0.704 bits per heavy atom. The lowest BCUT2D eigenvalue weighted by atomic mass is 10.00. The summed E-state index contributed by atoms with van der Waals surface area (Å²) in [7, 11) is 0. The van der Waals surface area contributed by atoms with Gasteiger partial charge in [-0.2, -0.15) is 0 Å². The van der Waals surface area contributed by atoms with E-state index in [0.29, 0.717) is 19.3 Å². The number of rotatable bonds is 42. The summed E-state index contributed by atoms with van der Waals surface area (Å²) >= 11 is 0. The van der Waals surface area contributed by atoms with Crippen LogP contribution in [0, 0.1) is 11.8 Å². The summed E-state index contributed by atoms with van der Waals surface area (Å²) in [6.45, 7) is 11.3. The predicted molar refractivity (Wildman–Crippen MR) is 229 cm³/mol. The number of carbonyl (C=O) groups excluding carboxylic acids is 3. The van der Waals surface area contributed by atoms with Crippen LogP contribution in [-0.2, 0) is 28.6 Å². The third-order valence-electron chi connectivity index (χ3n) is 11.1. The summed E-state index contributed by atoms with van der Waals surface area (Å²) in [4.78, 5) is 37.7. The van der Waals surface area contributed by atoms with Gasteiger partial charge in [-0.25, -0.2) is 0 Å². The van der Waals surface area contributed by atoms with Crippen molar-refractivity contribution < 1.29 is 28.6 Å². The molecular formula is C48H92O6. The highest BCUT2D eigenvalue weighted by atomic mass is 16.6. The monoisotopic (exact) mass is 765 g/mol. The highest BCUT2D eigenvalue weighted by Gasteiger charge is 2.19. The van der Waals surface area contributed by atoms with Crippen LogP contribution in [0.25, 0.3) is 0 Å². The Morgan fingerprint density at radius 3 is 1.06 bits per heavy atom. The van der Waals surface area contributed by atoms with Crippen LogP contribution < -0.4 is 0 Å². The van der Waals surface area contributed by atoms with Crippen LogP contribution >= 0.6 is 0 Å². The molecule has 0 bridgehead atoms. The van der Waals surface area contributed by atoms with E-state index in [4.69, 9.17) is 14.2 Å². The van der Waals surface area contributed by atoms with E-state index in [1.54, 1.807) is 0 Å². The van der Waals surface area contributed by atoms with E-state index in [0.717, 1.165) is 69.6 Å². The van der Waals surface area contributed by atoms with Crippen LogP contribution in [0.4, 0.5) is 0 Å². The van der Waals surface area contributed by atoms with Crippen molar-refractivity contribution in [1.82, 2.24) is 0 Å². The first kappa shape index (κ1) is 52.4. The van der Waals surface area contributed by atoms with Gasteiger partial charge in [-0.05, 0) is 31.1 Å². The number of ether oxygens (including phenoxy) is 3. The Kier molecular flexibility index (Phi) is 39.8. The molecule has 54 heavy (non-hydrogen) atoms. The van der Waals surface area contributed by atoms with Crippen molar-refractivity contribution in [2.45, 2.75) is 265 Å².